The minimum Gasteiger partial charge on any atom is -0.329 e. The molecular weight excluding hydrogens is 264 g/mol. The van der Waals surface area contributed by atoms with E-state index in [1.54, 1.807) is 11.3 Å². The van der Waals surface area contributed by atoms with E-state index in [1.165, 1.54) is 30.6 Å². The molecule has 1 heterocycles. The number of nitrogens with zero attached hydrogens (tertiary/aromatic N) is 1. The summed E-state index contributed by atoms with van der Waals surface area (Å²) in [5.41, 5.74) is 5.98. The Labute approximate surface area is 120 Å². The van der Waals surface area contributed by atoms with Crippen LogP contribution in [0.2, 0.25) is 5.02 Å². The summed E-state index contributed by atoms with van der Waals surface area (Å²) in [5.74, 6) is 0. The average molecular weight is 289 g/mol. The minimum absolute atomic E-state index is 0.334. The molecule has 0 fully saturated rings. The van der Waals surface area contributed by atoms with Gasteiger partial charge >= 0.3 is 0 Å². The lowest BCUT2D eigenvalue weighted by molar-refractivity contribution is 0.198. The van der Waals surface area contributed by atoms with Gasteiger partial charge in [-0.1, -0.05) is 38.3 Å². The molecule has 1 aromatic rings. The highest BCUT2D eigenvalue weighted by Crippen LogP contribution is 2.29. The van der Waals surface area contributed by atoms with E-state index in [-0.39, 0.29) is 0 Å². The van der Waals surface area contributed by atoms with Crippen molar-refractivity contribution in [1.29, 1.82) is 0 Å². The SMILES string of the molecule is CCCCN(CCCC)C(CN)c1cc(Cl)cs1. The first-order valence-corrected chi connectivity index (χ1v) is 8.16. The maximum atomic E-state index is 6.03. The highest BCUT2D eigenvalue weighted by molar-refractivity contribution is 7.10. The van der Waals surface area contributed by atoms with Crippen LogP contribution in [0, 0.1) is 0 Å². The molecular formula is C14H25ClN2S. The Morgan fingerprint density at radius 2 is 1.89 bits per heavy atom. The molecule has 1 rings (SSSR count). The third-order valence-electron chi connectivity index (χ3n) is 3.18. The Hall–Kier alpha value is -0.0900. The van der Waals surface area contributed by atoms with Crippen LogP contribution >= 0.6 is 22.9 Å². The first kappa shape index (κ1) is 16.0. The van der Waals surface area contributed by atoms with Crippen LogP contribution in [0.4, 0.5) is 0 Å². The Morgan fingerprint density at radius 3 is 2.28 bits per heavy atom. The van der Waals surface area contributed by atoms with E-state index in [0.29, 0.717) is 12.6 Å². The smallest absolute Gasteiger partial charge is 0.0564 e. The first-order valence-electron chi connectivity index (χ1n) is 6.90. The number of rotatable bonds is 9. The van der Waals surface area contributed by atoms with Crippen LogP contribution in [0.15, 0.2) is 11.4 Å². The highest BCUT2D eigenvalue weighted by atomic mass is 35.5. The average Bonchev–Trinajstić information content (AvgIpc) is 2.79. The summed E-state index contributed by atoms with van der Waals surface area (Å²) in [4.78, 5) is 3.82. The molecule has 0 radical (unpaired) electrons. The van der Waals surface area contributed by atoms with Gasteiger partial charge in [0.15, 0.2) is 0 Å². The Morgan fingerprint density at radius 1 is 1.28 bits per heavy atom. The second-order valence-electron chi connectivity index (χ2n) is 4.66. The van der Waals surface area contributed by atoms with Crippen LogP contribution in [-0.4, -0.2) is 24.5 Å². The fourth-order valence-electron chi connectivity index (χ4n) is 2.09. The molecule has 4 heteroatoms. The van der Waals surface area contributed by atoms with Crippen LogP contribution < -0.4 is 5.73 Å². The topological polar surface area (TPSA) is 29.3 Å². The molecule has 0 aliphatic carbocycles. The Kier molecular flexibility index (Phi) is 7.91. The van der Waals surface area contributed by atoms with Crippen molar-refractivity contribution in [2.24, 2.45) is 5.73 Å². The molecule has 2 N–H and O–H groups in total. The summed E-state index contributed by atoms with van der Waals surface area (Å²) in [6, 6.07) is 2.40. The van der Waals surface area contributed by atoms with Gasteiger partial charge < -0.3 is 5.73 Å². The molecule has 0 spiro atoms. The lowest BCUT2D eigenvalue weighted by Gasteiger charge is -2.30. The maximum Gasteiger partial charge on any atom is 0.0564 e. The summed E-state index contributed by atoms with van der Waals surface area (Å²) in [6.45, 7) is 7.40. The van der Waals surface area contributed by atoms with Gasteiger partial charge in [0.1, 0.15) is 0 Å². The predicted molar refractivity (Wildman–Crippen MR) is 82.5 cm³/mol. The van der Waals surface area contributed by atoms with Crippen LogP contribution in [-0.2, 0) is 0 Å². The predicted octanol–water partition coefficient (Wildman–Crippen LogP) is 4.30. The first-order chi connectivity index (χ1) is 8.72. The third-order valence-corrected chi connectivity index (χ3v) is 4.56. The summed E-state index contributed by atoms with van der Waals surface area (Å²) in [7, 11) is 0. The van der Waals surface area contributed by atoms with Gasteiger partial charge in [0, 0.05) is 16.8 Å². The number of hydrogen-bond acceptors (Lipinski definition) is 3. The van der Waals surface area contributed by atoms with Gasteiger partial charge in [0.2, 0.25) is 0 Å². The minimum atomic E-state index is 0.334. The molecule has 0 aliphatic rings. The molecule has 0 amide bonds. The van der Waals surface area contributed by atoms with Crippen molar-refractivity contribution < 1.29 is 0 Å². The quantitative estimate of drug-likeness (QED) is 0.734. The molecule has 2 nitrogen and oxygen atoms in total. The van der Waals surface area contributed by atoms with Crippen molar-refractivity contribution in [1.82, 2.24) is 4.90 Å². The van der Waals surface area contributed by atoms with Crippen molar-refractivity contribution in [2.75, 3.05) is 19.6 Å². The second kappa shape index (κ2) is 8.92. The molecule has 0 bridgehead atoms. The van der Waals surface area contributed by atoms with Gasteiger partial charge in [-0.3, -0.25) is 4.90 Å². The van der Waals surface area contributed by atoms with Gasteiger partial charge in [-0.05, 0) is 32.0 Å². The largest absolute Gasteiger partial charge is 0.329 e. The van der Waals surface area contributed by atoms with E-state index in [4.69, 9.17) is 17.3 Å². The monoisotopic (exact) mass is 288 g/mol. The molecule has 1 unspecified atom stereocenters. The van der Waals surface area contributed by atoms with Crippen molar-refractivity contribution in [3.63, 3.8) is 0 Å². The number of thiophene rings is 1. The summed E-state index contributed by atoms with van der Waals surface area (Å²) in [6.07, 6.45) is 4.93. The van der Waals surface area contributed by atoms with Crippen LogP contribution in [0.5, 0.6) is 0 Å². The van der Waals surface area contributed by atoms with E-state index in [2.05, 4.69) is 24.8 Å². The van der Waals surface area contributed by atoms with Crippen LogP contribution in [0.3, 0.4) is 0 Å². The molecule has 0 aliphatic heterocycles. The number of unbranched alkanes of at least 4 members (excludes halogenated alkanes) is 2. The Bertz CT molecular complexity index is 319. The molecule has 0 saturated heterocycles. The van der Waals surface area contributed by atoms with Crippen LogP contribution in [0.1, 0.15) is 50.4 Å². The summed E-state index contributed by atoms with van der Waals surface area (Å²) < 4.78 is 0. The molecule has 18 heavy (non-hydrogen) atoms. The Balaban J connectivity index is 2.71. The van der Waals surface area contributed by atoms with E-state index < -0.39 is 0 Å². The molecule has 1 aromatic heterocycles. The van der Waals surface area contributed by atoms with Crippen molar-refractivity contribution in [2.45, 2.75) is 45.6 Å². The van der Waals surface area contributed by atoms with Crippen molar-refractivity contribution in [3.8, 4) is 0 Å². The summed E-state index contributed by atoms with van der Waals surface area (Å²) in [5, 5.41) is 2.83. The van der Waals surface area contributed by atoms with Crippen LogP contribution in [0.25, 0.3) is 0 Å². The highest BCUT2D eigenvalue weighted by Gasteiger charge is 2.19. The van der Waals surface area contributed by atoms with E-state index in [9.17, 15) is 0 Å². The fraction of sp³-hybridized carbons (Fsp3) is 0.714. The van der Waals surface area contributed by atoms with Gasteiger partial charge in [0.25, 0.3) is 0 Å². The number of nitrogens with two attached hydrogens (primary N) is 1. The lowest BCUT2D eigenvalue weighted by Crippen LogP contribution is -2.34. The van der Waals surface area contributed by atoms with E-state index >= 15 is 0 Å². The zero-order valence-corrected chi connectivity index (χ0v) is 13.1. The standard InChI is InChI=1S/C14H25ClN2S/c1-3-5-7-17(8-6-4-2)13(10-16)14-9-12(15)11-18-14/h9,11,13H,3-8,10,16H2,1-2H3. The maximum absolute atomic E-state index is 6.03. The van der Waals surface area contributed by atoms with Gasteiger partial charge in [0.05, 0.1) is 11.1 Å². The lowest BCUT2D eigenvalue weighted by atomic mass is 10.1. The summed E-state index contributed by atoms with van der Waals surface area (Å²) >= 11 is 7.75. The second-order valence-corrected chi connectivity index (χ2v) is 6.04. The zero-order valence-electron chi connectivity index (χ0n) is 11.5. The van der Waals surface area contributed by atoms with Crippen molar-refractivity contribution >= 4 is 22.9 Å². The van der Waals surface area contributed by atoms with E-state index in [1.807, 2.05) is 5.38 Å². The van der Waals surface area contributed by atoms with Gasteiger partial charge in [-0.15, -0.1) is 11.3 Å². The third kappa shape index (κ3) is 4.88. The fourth-order valence-corrected chi connectivity index (χ4v) is 3.32. The van der Waals surface area contributed by atoms with Gasteiger partial charge in [-0.25, -0.2) is 0 Å². The molecule has 0 aromatic carbocycles. The normalized spacial score (nSPS) is 13.2. The molecule has 104 valence electrons. The number of hydrogen-bond donors (Lipinski definition) is 1. The van der Waals surface area contributed by atoms with Gasteiger partial charge in [-0.2, -0.15) is 0 Å². The molecule has 0 saturated carbocycles. The number of halogens is 1. The molecule has 1 atom stereocenters. The van der Waals surface area contributed by atoms with Crippen molar-refractivity contribution in [3.05, 3.63) is 21.3 Å². The van der Waals surface area contributed by atoms with E-state index in [0.717, 1.165) is 18.1 Å². The zero-order chi connectivity index (χ0) is 13.4.